The summed E-state index contributed by atoms with van der Waals surface area (Å²) < 4.78 is 1.24. The normalized spacial score (nSPS) is 18.2. The number of hydrogen-bond donors (Lipinski definition) is 1. The van der Waals surface area contributed by atoms with Crippen molar-refractivity contribution < 1.29 is 0 Å². The van der Waals surface area contributed by atoms with Crippen LogP contribution in [0.2, 0.25) is 0 Å². The third-order valence-electron chi connectivity index (χ3n) is 3.24. The summed E-state index contributed by atoms with van der Waals surface area (Å²) in [4.78, 5) is 2.61. The maximum Gasteiger partial charge on any atom is 0.0701 e. The standard InChI is InChI=1S/C12H19BrN2S/c1-2-15(11-3-5-14-6-4-11)8-10-7-12(13)16-9-10/h7,9,11,14H,2-6,8H2,1H3. The topological polar surface area (TPSA) is 15.3 Å². The van der Waals surface area contributed by atoms with Gasteiger partial charge < -0.3 is 5.32 Å². The molecule has 1 aromatic rings. The third-order valence-corrected chi connectivity index (χ3v) is 4.79. The molecular weight excluding hydrogens is 284 g/mol. The molecule has 2 nitrogen and oxygen atoms in total. The van der Waals surface area contributed by atoms with Crippen LogP contribution in [0.1, 0.15) is 25.3 Å². The highest BCUT2D eigenvalue weighted by Gasteiger charge is 2.19. The zero-order valence-electron chi connectivity index (χ0n) is 9.71. The van der Waals surface area contributed by atoms with E-state index in [1.54, 1.807) is 11.3 Å². The molecule has 0 bridgehead atoms. The minimum Gasteiger partial charge on any atom is -0.317 e. The Labute approximate surface area is 110 Å². The van der Waals surface area contributed by atoms with Gasteiger partial charge in [-0.1, -0.05) is 6.92 Å². The van der Waals surface area contributed by atoms with Crippen LogP contribution in [0, 0.1) is 0 Å². The highest BCUT2D eigenvalue weighted by molar-refractivity contribution is 9.11. The fourth-order valence-corrected chi connectivity index (χ4v) is 3.53. The molecule has 1 aromatic heterocycles. The SMILES string of the molecule is CCN(Cc1csc(Br)c1)C1CCNCC1. The van der Waals surface area contributed by atoms with Crippen LogP contribution in [-0.4, -0.2) is 30.6 Å². The fourth-order valence-electron chi connectivity index (χ4n) is 2.33. The predicted molar refractivity (Wildman–Crippen MR) is 74.0 cm³/mol. The van der Waals surface area contributed by atoms with Crippen molar-refractivity contribution >= 4 is 27.3 Å². The van der Waals surface area contributed by atoms with Gasteiger partial charge in [-0.3, -0.25) is 4.90 Å². The summed E-state index contributed by atoms with van der Waals surface area (Å²) in [5.74, 6) is 0. The average molecular weight is 303 g/mol. The van der Waals surface area contributed by atoms with Crippen LogP contribution in [0.5, 0.6) is 0 Å². The molecule has 1 saturated heterocycles. The van der Waals surface area contributed by atoms with Crippen LogP contribution in [0.15, 0.2) is 15.2 Å². The Bertz CT molecular complexity index is 321. The average Bonchev–Trinajstić information content (AvgIpc) is 2.73. The molecule has 0 aliphatic carbocycles. The molecule has 0 unspecified atom stereocenters. The minimum absolute atomic E-state index is 0.768. The van der Waals surface area contributed by atoms with E-state index in [-0.39, 0.29) is 0 Å². The molecule has 1 fully saturated rings. The Hall–Kier alpha value is 0.1000. The Kier molecular flexibility index (Phi) is 4.82. The Morgan fingerprint density at radius 3 is 2.81 bits per heavy atom. The highest BCUT2D eigenvalue weighted by Crippen LogP contribution is 2.23. The Balaban J connectivity index is 1.94. The molecule has 1 N–H and O–H groups in total. The van der Waals surface area contributed by atoms with Crippen LogP contribution in [0.4, 0.5) is 0 Å². The van der Waals surface area contributed by atoms with Crippen LogP contribution in [0.25, 0.3) is 0 Å². The monoisotopic (exact) mass is 302 g/mol. The van der Waals surface area contributed by atoms with Crippen molar-refractivity contribution in [3.63, 3.8) is 0 Å². The summed E-state index contributed by atoms with van der Waals surface area (Å²) in [6.07, 6.45) is 2.58. The second kappa shape index (κ2) is 6.15. The zero-order valence-corrected chi connectivity index (χ0v) is 12.1. The molecule has 0 atom stereocenters. The lowest BCUT2D eigenvalue weighted by atomic mass is 10.0. The van der Waals surface area contributed by atoms with Gasteiger partial charge in [0.05, 0.1) is 3.79 Å². The summed E-state index contributed by atoms with van der Waals surface area (Å²) >= 11 is 5.31. The number of piperidine rings is 1. The van der Waals surface area contributed by atoms with Gasteiger partial charge in [0.2, 0.25) is 0 Å². The lowest BCUT2D eigenvalue weighted by Crippen LogP contribution is -2.42. The van der Waals surface area contributed by atoms with Crippen LogP contribution in [0.3, 0.4) is 0 Å². The zero-order chi connectivity index (χ0) is 11.4. The van der Waals surface area contributed by atoms with Gasteiger partial charge in [0.25, 0.3) is 0 Å². The molecule has 0 radical (unpaired) electrons. The van der Waals surface area contributed by atoms with Gasteiger partial charge in [-0.25, -0.2) is 0 Å². The molecule has 0 aromatic carbocycles. The van der Waals surface area contributed by atoms with E-state index in [4.69, 9.17) is 0 Å². The van der Waals surface area contributed by atoms with Crippen molar-refractivity contribution in [3.8, 4) is 0 Å². The first-order valence-corrected chi connectivity index (χ1v) is 7.64. The molecule has 0 saturated carbocycles. The van der Waals surface area contributed by atoms with Crippen LogP contribution in [-0.2, 0) is 6.54 Å². The summed E-state index contributed by atoms with van der Waals surface area (Å²) in [7, 11) is 0. The maximum absolute atomic E-state index is 3.53. The minimum atomic E-state index is 0.768. The molecule has 90 valence electrons. The number of thiophene rings is 1. The first kappa shape index (κ1) is 12.6. The van der Waals surface area contributed by atoms with Crippen LogP contribution < -0.4 is 5.32 Å². The first-order valence-electron chi connectivity index (χ1n) is 5.97. The summed E-state index contributed by atoms with van der Waals surface area (Å²) in [5, 5.41) is 5.69. The molecule has 1 aliphatic heterocycles. The second-order valence-electron chi connectivity index (χ2n) is 4.30. The molecule has 1 aliphatic rings. The molecule has 16 heavy (non-hydrogen) atoms. The van der Waals surface area contributed by atoms with Crippen molar-refractivity contribution in [2.45, 2.75) is 32.4 Å². The van der Waals surface area contributed by atoms with Gasteiger partial charge in [0.1, 0.15) is 0 Å². The number of halogens is 1. The quantitative estimate of drug-likeness (QED) is 0.919. The van der Waals surface area contributed by atoms with E-state index >= 15 is 0 Å². The molecule has 2 heterocycles. The number of rotatable bonds is 4. The molecule has 4 heteroatoms. The van der Waals surface area contributed by atoms with Gasteiger partial charge in [0.15, 0.2) is 0 Å². The lowest BCUT2D eigenvalue weighted by Gasteiger charge is -2.33. The van der Waals surface area contributed by atoms with Gasteiger partial charge >= 0.3 is 0 Å². The van der Waals surface area contributed by atoms with Crippen molar-refractivity contribution in [3.05, 3.63) is 20.8 Å². The van der Waals surface area contributed by atoms with E-state index in [0.717, 1.165) is 19.1 Å². The molecule has 0 amide bonds. The Morgan fingerprint density at radius 2 is 2.25 bits per heavy atom. The van der Waals surface area contributed by atoms with E-state index in [9.17, 15) is 0 Å². The molecular formula is C12H19BrN2S. The first-order chi connectivity index (χ1) is 7.79. The van der Waals surface area contributed by atoms with Crippen molar-refractivity contribution in [2.24, 2.45) is 0 Å². The second-order valence-corrected chi connectivity index (χ2v) is 6.59. The predicted octanol–water partition coefficient (Wildman–Crippen LogP) is 3.08. The van der Waals surface area contributed by atoms with E-state index in [0.29, 0.717) is 0 Å². The van der Waals surface area contributed by atoms with Gasteiger partial charge in [-0.2, -0.15) is 0 Å². The van der Waals surface area contributed by atoms with Gasteiger partial charge in [-0.15, -0.1) is 11.3 Å². The van der Waals surface area contributed by atoms with E-state index in [2.05, 4.69) is 44.5 Å². The van der Waals surface area contributed by atoms with Gasteiger partial charge in [0, 0.05) is 12.6 Å². The number of nitrogens with zero attached hydrogens (tertiary/aromatic N) is 1. The number of hydrogen-bond acceptors (Lipinski definition) is 3. The van der Waals surface area contributed by atoms with Crippen LogP contribution >= 0.6 is 27.3 Å². The van der Waals surface area contributed by atoms with E-state index in [1.807, 2.05) is 0 Å². The Morgan fingerprint density at radius 1 is 1.50 bits per heavy atom. The van der Waals surface area contributed by atoms with E-state index in [1.165, 1.54) is 35.3 Å². The summed E-state index contributed by atoms with van der Waals surface area (Å²) in [6.45, 7) is 6.87. The molecule has 2 rings (SSSR count). The fraction of sp³-hybridized carbons (Fsp3) is 0.667. The van der Waals surface area contributed by atoms with Crippen molar-refractivity contribution in [1.29, 1.82) is 0 Å². The summed E-state index contributed by atoms with van der Waals surface area (Å²) in [5.41, 5.74) is 1.44. The largest absolute Gasteiger partial charge is 0.317 e. The number of nitrogens with one attached hydrogen (secondary N) is 1. The van der Waals surface area contributed by atoms with Crippen molar-refractivity contribution in [1.82, 2.24) is 10.2 Å². The van der Waals surface area contributed by atoms with Crippen molar-refractivity contribution in [2.75, 3.05) is 19.6 Å². The van der Waals surface area contributed by atoms with E-state index < -0.39 is 0 Å². The lowest BCUT2D eigenvalue weighted by molar-refractivity contribution is 0.162. The summed E-state index contributed by atoms with van der Waals surface area (Å²) in [6, 6.07) is 3.01. The highest BCUT2D eigenvalue weighted by atomic mass is 79.9. The smallest absolute Gasteiger partial charge is 0.0701 e. The van der Waals surface area contributed by atoms with Gasteiger partial charge in [-0.05, 0) is 65.4 Å². The maximum atomic E-state index is 3.53. The molecule has 0 spiro atoms. The third kappa shape index (κ3) is 3.29.